The predicted octanol–water partition coefficient (Wildman–Crippen LogP) is 5.14. The van der Waals surface area contributed by atoms with Gasteiger partial charge >= 0.3 is 0 Å². The molecule has 10 heteroatoms. The third-order valence-electron chi connectivity index (χ3n) is 5.54. The van der Waals surface area contributed by atoms with Crippen molar-refractivity contribution < 1.29 is 23.0 Å². The molecule has 0 bridgehead atoms. The zero-order valence-electron chi connectivity index (χ0n) is 19.0. The van der Waals surface area contributed by atoms with Gasteiger partial charge in [-0.3, -0.25) is 14.6 Å². The van der Waals surface area contributed by atoms with Gasteiger partial charge in [0.1, 0.15) is 17.1 Å². The van der Waals surface area contributed by atoms with Crippen LogP contribution in [0.4, 0.5) is 13.9 Å². The fraction of sp³-hybridized carbons (Fsp3) is 0.417. The van der Waals surface area contributed by atoms with Crippen molar-refractivity contribution in [3.63, 3.8) is 0 Å². The minimum atomic E-state index is -1.24. The molecule has 0 atom stereocenters. The molecule has 34 heavy (non-hydrogen) atoms. The Morgan fingerprint density at radius 2 is 1.94 bits per heavy atom. The van der Waals surface area contributed by atoms with Gasteiger partial charge in [-0.05, 0) is 50.6 Å². The van der Waals surface area contributed by atoms with Crippen LogP contribution in [0.1, 0.15) is 20.3 Å². The molecule has 1 fully saturated rings. The monoisotopic (exact) mass is 509 g/mol. The summed E-state index contributed by atoms with van der Waals surface area (Å²) in [5, 5.41) is 0.865. The molecular weight excluding hydrogens is 484 g/mol. The average molecular weight is 510 g/mol. The van der Waals surface area contributed by atoms with Crippen LogP contribution in [0.25, 0.3) is 10.2 Å². The van der Waals surface area contributed by atoms with E-state index in [0.29, 0.717) is 46.8 Å². The number of rotatable bonds is 8. The first-order valence-corrected chi connectivity index (χ1v) is 12.2. The third kappa shape index (κ3) is 5.83. The second-order valence-corrected chi connectivity index (χ2v) is 10.0. The number of nitrogens with zero attached hydrogens (tertiary/aromatic N) is 3. The Morgan fingerprint density at radius 1 is 1.24 bits per heavy atom. The maximum atomic E-state index is 14.3. The van der Waals surface area contributed by atoms with Crippen LogP contribution in [-0.4, -0.2) is 60.8 Å². The summed E-state index contributed by atoms with van der Waals surface area (Å²) >= 11 is 7.03. The van der Waals surface area contributed by atoms with Crippen molar-refractivity contribution in [1.82, 2.24) is 9.88 Å². The number of hydrogen-bond donors (Lipinski definition) is 0. The summed E-state index contributed by atoms with van der Waals surface area (Å²) in [5.74, 6) is -1.27. The van der Waals surface area contributed by atoms with Gasteiger partial charge in [0.25, 0.3) is 5.91 Å². The van der Waals surface area contributed by atoms with Gasteiger partial charge in [0.05, 0.1) is 17.9 Å². The molecule has 1 aliphatic rings. The number of amides is 1. The SMILES string of the molecule is CC(C)(Oc1ccc(Cl)cc1)C(=O)N(CCCN1CCOCC1)c1nc2c(F)cc(F)cc2s1. The van der Waals surface area contributed by atoms with Crippen molar-refractivity contribution in [3.05, 3.63) is 53.1 Å². The number of carbonyl (C=O) groups is 1. The molecule has 3 aromatic rings. The number of fused-ring (bicyclic) bond motifs is 1. The lowest BCUT2D eigenvalue weighted by Gasteiger charge is -2.32. The Labute approximate surface area is 206 Å². The number of thiazole rings is 1. The van der Waals surface area contributed by atoms with Gasteiger partial charge in [0, 0.05) is 37.3 Å². The van der Waals surface area contributed by atoms with E-state index in [1.54, 1.807) is 38.1 Å². The number of ether oxygens (including phenoxy) is 2. The first-order valence-electron chi connectivity index (χ1n) is 11.1. The first kappa shape index (κ1) is 24.8. The van der Waals surface area contributed by atoms with Crippen LogP contribution < -0.4 is 9.64 Å². The summed E-state index contributed by atoms with van der Waals surface area (Å²) < 4.78 is 39.8. The van der Waals surface area contributed by atoms with Gasteiger partial charge in [-0.1, -0.05) is 22.9 Å². The molecule has 182 valence electrons. The second-order valence-electron chi connectivity index (χ2n) is 8.56. The molecule has 1 aliphatic heterocycles. The molecule has 0 saturated carbocycles. The molecule has 2 aromatic carbocycles. The van der Waals surface area contributed by atoms with E-state index >= 15 is 0 Å². The van der Waals surface area contributed by atoms with Gasteiger partial charge in [-0.15, -0.1) is 0 Å². The number of anilines is 1. The average Bonchev–Trinajstić information content (AvgIpc) is 3.22. The topological polar surface area (TPSA) is 54.9 Å². The number of benzene rings is 2. The van der Waals surface area contributed by atoms with Crippen LogP contribution in [0.15, 0.2) is 36.4 Å². The highest BCUT2D eigenvalue weighted by molar-refractivity contribution is 7.22. The zero-order chi connectivity index (χ0) is 24.3. The van der Waals surface area contributed by atoms with Crippen LogP contribution in [0.2, 0.25) is 5.02 Å². The summed E-state index contributed by atoms with van der Waals surface area (Å²) in [6.45, 7) is 7.53. The normalized spacial score (nSPS) is 15.0. The second kappa shape index (κ2) is 10.5. The van der Waals surface area contributed by atoms with Crippen LogP contribution in [0.5, 0.6) is 5.75 Å². The van der Waals surface area contributed by atoms with Crippen molar-refractivity contribution >= 4 is 44.2 Å². The fourth-order valence-corrected chi connectivity index (χ4v) is 4.94. The highest BCUT2D eigenvalue weighted by Gasteiger charge is 2.36. The van der Waals surface area contributed by atoms with E-state index < -0.39 is 17.2 Å². The first-order chi connectivity index (χ1) is 16.2. The third-order valence-corrected chi connectivity index (χ3v) is 6.82. The van der Waals surface area contributed by atoms with Gasteiger partial charge in [-0.2, -0.15) is 0 Å². The molecule has 4 rings (SSSR count). The Hall–Kier alpha value is -2.33. The molecule has 1 aromatic heterocycles. The smallest absolute Gasteiger partial charge is 0.272 e. The lowest BCUT2D eigenvalue weighted by molar-refractivity contribution is -0.131. The minimum Gasteiger partial charge on any atom is -0.478 e. The van der Waals surface area contributed by atoms with Crippen LogP contribution in [-0.2, 0) is 9.53 Å². The highest BCUT2D eigenvalue weighted by Crippen LogP contribution is 2.33. The number of morpholine rings is 1. The summed E-state index contributed by atoms with van der Waals surface area (Å²) in [6, 6.07) is 8.77. The molecule has 0 N–H and O–H groups in total. The van der Waals surface area contributed by atoms with Crippen LogP contribution in [0.3, 0.4) is 0 Å². The number of halogens is 3. The quantitative estimate of drug-likeness (QED) is 0.421. The zero-order valence-corrected chi connectivity index (χ0v) is 20.6. The van der Waals surface area contributed by atoms with Gasteiger partial charge in [-0.25, -0.2) is 13.8 Å². The molecule has 0 radical (unpaired) electrons. The van der Waals surface area contributed by atoms with E-state index in [1.165, 1.54) is 11.0 Å². The Kier molecular flexibility index (Phi) is 7.67. The molecule has 0 aliphatic carbocycles. The molecule has 1 saturated heterocycles. The highest BCUT2D eigenvalue weighted by atomic mass is 35.5. The van der Waals surface area contributed by atoms with Crippen molar-refractivity contribution in [2.45, 2.75) is 25.9 Å². The van der Waals surface area contributed by atoms with Gasteiger partial charge < -0.3 is 9.47 Å². The number of hydrogen-bond acceptors (Lipinski definition) is 6. The fourth-order valence-electron chi connectivity index (χ4n) is 3.79. The van der Waals surface area contributed by atoms with Gasteiger partial charge in [0.2, 0.25) is 0 Å². The minimum absolute atomic E-state index is 0.0452. The summed E-state index contributed by atoms with van der Waals surface area (Å²) in [7, 11) is 0. The number of carbonyl (C=O) groups excluding carboxylic acids is 1. The van der Waals surface area contributed by atoms with Crippen molar-refractivity contribution in [1.29, 1.82) is 0 Å². The molecule has 1 amide bonds. The predicted molar refractivity (Wildman–Crippen MR) is 130 cm³/mol. The molecule has 0 unspecified atom stereocenters. The van der Waals surface area contributed by atoms with Crippen LogP contribution in [0, 0.1) is 11.6 Å². The standard InChI is InChI=1S/C24H26ClF2N3O3S/c1-24(2,33-18-6-4-16(25)5-7-18)22(31)30(9-3-8-29-10-12-32-13-11-29)23-28-21-19(27)14-17(26)15-20(21)34-23/h4-7,14-15H,3,8-13H2,1-2H3. The van der Waals surface area contributed by atoms with E-state index in [1.807, 2.05) is 0 Å². The van der Waals surface area contributed by atoms with E-state index in [4.69, 9.17) is 21.1 Å². The van der Waals surface area contributed by atoms with Crippen molar-refractivity contribution in [3.8, 4) is 5.75 Å². The Bertz CT molecular complexity index is 1150. The van der Waals surface area contributed by atoms with E-state index in [2.05, 4.69) is 9.88 Å². The summed E-state index contributed by atoms with van der Waals surface area (Å²) in [4.78, 5) is 21.8. The van der Waals surface area contributed by atoms with Crippen LogP contribution >= 0.6 is 22.9 Å². The molecular formula is C24H26ClF2N3O3S. The summed E-state index contributed by atoms with van der Waals surface area (Å²) in [6.07, 6.45) is 0.676. The van der Waals surface area contributed by atoms with E-state index in [0.717, 1.165) is 37.0 Å². The van der Waals surface area contributed by atoms with E-state index in [-0.39, 0.29) is 11.4 Å². The lowest BCUT2D eigenvalue weighted by atomic mass is 10.1. The van der Waals surface area contributed by atoms with Gasteiger partial charge in [0.15, 0.2) is 16.5 Å². The Balaban J connectivity index is 1.58. The van der Waals surface area contributed by atoms with Crippen molar-refractivity contribution in [2.75, 3.05) is 44.3 Å². The maximum absolute atomic E-state index is 14.3. The largest absolute Gasteiger partial charge is 0.478 e. The molecule has 6 nitrogen and oxygen atoms in total. The molecule has 2 heterocycles. The van der Waals surface area contributed by atoms with Crippen molar-refractivity contribution in [2.24, 2.45) is 0 Å². The lowest BCUT2D eigenvalue weighted by Crippen LogP contribution is -2.50. The molecule has 0 spiro atoms. The maximum Gasteiger partial charge on any atom is 0.272 e. The number of aromatic nitrogens is 1. The summed E-state index contributed by atoms with van der Waals surface area (Å²) in [5.41, 5.74) is -1.20. The Morgan fingerprint density at radius 3 is 2.65 bits per heavy atom. The van der Waals surface area contributed by atoms with E-state index in [9.17, 15) is 13.6 Å².